The molecule has 0 aliphatic carbocycles. The minimum Gasteiger partial charge on any atom is -0.494 e. The number of nitro groups is 1. The molecule has 0 bridgehead atoms. The third-order valence-electron chi connectivity index (χ3n) is 3.18. The number of nitro benzene ring substituents is 1. The molecule has 0 fully saturated rings. The third kappa shape index (κ3) is 5.57. The first-order valence-electron chi connectivity index (χ1n) is 7.20. The minimum atomic E-state index is -0.497. The van der Waals surface area contributed by atoms with E-state index in [4.69, 9.17) is 9.84 Å². The third-order valence-corrected chi connectivity index (χ3v) is 3.18. The van der Waals surface area contributed by atoms with Crippen LogP contribution < -0.4 is 4.74 Å². The van der Waals surface area contributed by atoms with Crippen molar-refractivity contribution in [3.8, 4) is 5.75 Å². The number of rotatable bonds is 10. The van der Waals surface area contributed by atoms with Crippen molar-refractivity contribution >= 4 is 5.69 Å². The van der Waals surface area contributed by atoms with Crippen LogP contribution in [-0.2, 0) is 6.61 Å². The molecule has 0 aliphatic rings. The van der Waals surface area contributed by atoms with Crippen LogP contribution in [0.15, 0.2) is 18.2 Å². The van der Waals surface area contributed by atoms with Crippen LogP contribution in [0.1, 0.15) is 51.0 Å². The predicted octanol–water partition coefficient (Wildman–Crippen LogP) is 3.83. The zero-order valence-corrected chi connectivity index (χ0v) is 12.0. The monoisotopic (exact) mass is 281 g/mol. The summed E-state index contributed by atoms with van der Waals surface area (Å²) < 4.78 is 5.56. The molecule has 1 aromatic carbocycles. The van der Waals surface area contributed by atoms with E-state index >= 15 is 0 Å². The summed E-state index contributed by atoms with van der Waals surface area (Å²) in [6.45, 7) is 2.44. The summed E-state index contributed by atoms with van der Waals surface area (Å²) >= 11 is 0. The Balaban J connectivity index is 2.35. The van der Waals surface area contributed by atoms with Gasteiger partial charge in [0.05, 0.1) is 23.7 Å². The predicted molar refractivity (Wildman–Crippen MR) is 77.9 cm³/mol. The number of aliphatic hydroxyl groups is 1. The number of benzene rings is 1. The summed E-state index contributed by atoms with van der Waals surface area (Å²) in [5, 5.41) is 19.9. The molecule has 0 heterocycles. The van der Waals surface area contributed by atoms with Crippen LogP contribution in [0.5, 0.6) is 5.75 Å². The molecule has 0 radical (unpaired) electrons. The maximum Gasteiger partial charge on any atom is 0.275 e. The number of unbranched alkanes of at least 4 members (excludes halogenated alkanes) is 5. The van der Waals surface area contributed by atoms with E-state index in [1.165, 1.54) is 37.8 Å². The summed E-state index contributed by atoms with van der Waals surface area (Å²) in [6.07, 6.45) is 7.13. The Labute approximate surface area is 119 Å². The fourth-order valence-electron chi connectivity index (χ4n) is 2.03. The van der Waals surface area contributed by atoms with E-state index in [-0.39, 0.29) is 17.9 Å². The lowest BCUT2D eigenvalue weighted by atomic mass is 10.1. The number of nitrogens with zero attached hydrogens (tertiary/aromatic N) is 1. The summed E-state index contributed by atoms with van der Waals surface area (Å²) in [6, 6.07) is 4.49. The standard InChI is InChI=1S/C15H23NO4/c1-2-3-4-5-6-7-10-20-14-8-9-15(16(18)19)13(11-14)12-17/h8-9,11,17H,2-7,10,12H2,1H3. The molecule has 0 amide bonds. The van der Waals surface area contributed by atoms with Crippen LogP contribution in [0.25, 0.3) is 0 Å². The first-order valence-corrected chi connectivity index (χ1v) is 7.20. The largest absolute Gasteiger partial charge is 0.494 e. The first-order chi connectivity index (χ1) is 9.69. The highest BCUT2D eigenvalue weighted by Crippen LogP contribution is 2.24. The smallest absolute Gasteiger partial charge is 0.275 e. The SMILES string of the molecule is CCCCCCCCOc1ccc([N+](=O)[O-])c(CO)c1. The summed E-state index contributed by atoms with van der Waals surface area (Å²) in [7, 11) is 0. The van der Waals surface area contributed by atoms with Gasteiger partial charge >= 0.3 is 0 Å². The van der Waals surface area contributed by atoms with Crippen LogP contribution >= 0.6 is 0 Å². The van der Waals surface area contributed by atoms with Gasteiger partial charge in [-0.1, -0.05) is 39.0 Å². The number of ether oxygens (including phenoxy) is 1. The molecule has 0 saturated carbocycles. The van der Waals surface area contributed by atoms with Crippen molar-refractivity contribution in [2.24, 2.45) is 0 Å². The first kappa shape index (κ1) is 16.4. The van der Waals surface area contributed by atoms with Gasteiger partial charge in [-0.2, -0.15) is 0 Å². The Bertz CT molecular complexity index is 420. The number of aliphatic hydroxyl groups excluding tert-OH is 1. The van der Waals surface area contributed by atoms with Gasteiger partial charge in [-0.25, -0.2) is 0 Å². The van der Waals surface area contributed by atoms with Crippen molar-refractivity contribution in [2.75, 3.05) is 6.61 Å². The minimum absolute atomic E-state index is 0.0700. The normalized spacial score (nSPS) is 10.5. The molecule has 5 nitrogen and oxygen atoms in total. The highest BCUT2D eigenvalue weighted by molar-refractivity contribution is 5.44. The van der Waals surface area contributed by atoms with Gasteiger partial charge in [-0.3, -0.25) is 10.1 Å². The Morgan fingerprint density at radius 1 is 1.20 bits per heavy atom. The summed E-state index contributed by atoms with van der Waals surface area (Å²) in [4.78, 5) is 10.2. The summed E-state index contributed by atoms with van der Waals surface area (Å²) in [5.74, 6) is 0.577. The van der Waals surface area contributed by atoms with Crippen molar-refractivity contribution in [3.63, 3.8) is 0 Å². The average molecular weight is 281 g/mol. The molecule has 1 N–H and O–H groups in total. The molecule has 0 aliphatic heterocycles. The molecule has 20 heavy (non-hydrogen) atoms. The molecule has 1 rings (SSSR count). The topological polar surface area (TPSA) is 72.6 Å². The summed E-state index contributed by atoms with van der Waals surface area (Å²) in [5.41, 5.74) is 0.217. The molecule has 0 aromatic heterocycles. The molecule has 112 valence electrons. The number of hydrogen-bond donors (Lipinski definition) is 1. The van der Waals surface area contributed by atoms with Crippen LogP contribution in [0, 0.1) is 10.1 Å². The van der Waals surface area contributed by atoms with Gasteiger partial charge in [0.15, 0.2) is 0 Å². The second-order valence-electron chi connectivity index (χ2n) is 4.82. The zero-order chi connectivity index (χ0) is 14.8. The maximum absolute atomic E-state index is 10.7. The van der Waals surface area contributed by atoms with E-state index in [1.807, 2.05) is 0 Å². The lowest BCUT2D eigenvalue weighted by Crippen LogP contribution is -2.00. The van der Waals surface area contributed by atoms with Crippen molar-refractivity contribution in [3.05, 3.63) is 33.9 Å². The van der Waals surface area contributed by atoms with Gasteiger partial charge in [0, 0.05) is 6.07 Å². The van der Waals surface area contributed by atoms with Gasteiger partial charge in [0.1, 0.15) is 5.75 Å². The van der Waals surface area contributed by atoms with Crippen molar-refractivity contribution in [1.82, 2.24) is 0 Å². The quantitative estimate of drug-likeness (QED) is 0.402. The van der Waals surface area contributed by atoms with E-state index < -0.39 is 4.92 Å². The maximum atomic E-state index is 10.7. The molecular weight excluding hydrogens is 258 g/mol. The van der Waals surface area contributed by atoms with Crippen LogP contribution in [0.4, 0.5) is 5.69 Å². The Hall–Kier alpha value is -1.62. The van der Waals surface area contributed by atoms with E-state index in [1.54, 1.807) is 6.07 Å². The second-order valence-corrected chi connectivity index (χ2v) is 4.82. The van der Waals surface area contributed by atoms with Gasteiger partial charge in [-0.05, 0) is 18.6 Å². The second kappa shape index (κ2) is 9.31. The molecular formula is C15H23NO4. The van der Waals surface area contributed by atoms with Crippen molar-refractivity contribution < 1.29 is 14.8 Å². The lowest BCUT2D eigenvalue weighted by molar-refractivity contribution is -0.385. The average Bonchev–Trinajstić information content (AvgIpc) is 2.45. The molecule has 5 heteroatoms. The van der Waals surface area contributed by atoms with Crippen LogP contribution in [0.2, 0.25) is 0 Å². The molecule has 0 saturated heterocycles. The van der Waals surface area contributed by atoms with Gasteiger partial charge < -0.3 is 9.84 Å². The van der Waals surface area contributed by atoms with Gasteiger partial charge in [0.2, 0.25) is 0 Å². The molecule has 0 atom stereocenters. The zero-order valence-electron chi connectivity index (χ0n) is 12.0. The van der Waals surface area contributed by atoms with Crippen LogP contribution in [-0.4, -0.2) is 16.6 Å². The highest BCUT2D eigenvalue weighted by Gasteiger charge is 2.13. The van der Waals surface area contributed by atoms with Crippen molar-refractivity contribution in [1.29, 1.82) is 0 Å². The van der Waals surface area contributed by atoms with E-state index in [9.17, 15) is 10.1 Å². The molecule has 0 unspecified atom stereocenters. The van der Waals surface area contributed by atoms with E-state index in [0.717, 1.165) is 12.8 Å². The van der Waals surface area contributed by atoms with Crippen molar-refractivity contribution in [2.45, 2.75) is 52.1 Å². The molecule has 1 aromatic rings. The fraction of sp³-hybridized carbons (Fsp3) is 0.600. The molecule has 0 spiro atoms. The van der Waals surface area contributed by atoms with E-state index in [0.29, 0.717) is 12.4 Å². The lowest BCUT2D eigenvalue weighted by Gasteiger charge is -2.07. The fourth-order valence-corrected chi connectivity index (χ4v) is 2.03. The Morgan fingerprint density at radius 3 is 2.55 bits per heavy atom. The van der Waals surface area contributed by atoms with Gasteiger partial charge in [-0.15, -0.1) is 0 Å². The number of hydrogen-bond acceptors (Lipinski definition) is 4. The van der Waals surface area contributed by atoms with Gasteiger partial charge in [0.25, 0.3) is 5.69 Å². The van der Waals surface area contributed by atoms with Crippen LogP contribution in [0.3, 0.4) is 0 Å². The van der Waals surface area contributed by atoms with E-state index in [2.05, 4.69) is 6.92 Å². The highest BCUT2D eigenvalue weighted by atomic mass is 16.6. The Morgan fingerprint density at radius 2 is 1.90 bits per heavy atom. The Kier molecular flexibility index (Phi) is 7.65.